The molecule has 1 aromatic carbocycles. The van der Waals surface area contributed by atoms with Crippen molar-refractivity contribution in [1.82, 2.24) is 0 Å². The van der Waals surface area contributed by atoms with Gasteiger partial charge in [-0.2, -0.15) is 0 Å². The highest BCUT2D eigenvalue weighted by molar-refractivity contribution is 5.94. The molecule has 17 heavy (non-hydrogen) atoms. The molecule has 0 unspecified atom stereocenters. The van der Waals surface area contributed by atoms with E-state index >= 15 is 0 Å². The van der Waals surface area contributed by atoms with E-state index in [2.05, 4.69) is 5.32 Å². The van der Waals surface area contributed by atoms with Gasteiger partial charge in [-0.15, -0.1) is 0 Å². The van der Waals surface area contributed by atoms with Crippen LogP contribution in [0.2, 0.25) is 0 Å². The van der Waals surface area contributed by atoms with E-state index in [1.807, 2.05) is 6.92 Å². The number of carbonyl (C=O) groups is 1. The Morgan fingerprint density at radius 3 is 2.82 bits per heavy atom. The zero-order valence-electron chi connectivity index (χ0n) is 10.00. The fourth-order valence-corrected chi connectivity index (χ4v) is 1.43. The molecule has 0 radical (unpaired) electrons. The minimum Gasteiger partial charge on any atom is -0.497 e. The lowest BCUT2D eigenvalue weighted by Gasteiger charge is -2.12. The monoisotopic (exact) mass is 240 g/mol. The van der Waals surface area contributed by atoms with E-state index in [0.717, 1.165) is 6.42 Å². The van der Waals surface area contributed by atoms with Gasteiger partial charge < -0.3 is 15.8 Å². The SMILES string of the molecule is CCC[C@H](N)C(=O)Nc1cc(F)cc(OC)c1. The standard InChI is InChI=1S/C12H17FN2O2/c1-3-4-11(14)12(16)15-9-5-8(13)6-10(7-9)17-2/h5-7,11H,3-4,14H2,1-2H3,(H,15,16)/t11-/m0/s1. The molecule has 0 aliphatic heterocycles. The number of benzene rings is 1. The maximum Gasteiger partial charge on any atom is 0.241 e. The molecule has 3 N–H and O–H groups in total. The molecule has 0 saturated heterocycles. The maximum absolute atomic E-state index is 13.2. The van der Waals surface area contributed by atoms with Gasteiger partial charge in [-0.05, 0) is 12.5 Å². The number of hydrogen-bond donors (Lipinski definition) is 2. The van der Waals surface area contributed by atoms with Crippen LogP contribution in [0.5, 0.6) is 5.75 Å². The summed E-state index contributed by atoms with van der Waals surface area (Å²) in [5.74, 6) is -0.437. The normalized spacial score (nSPS) is 12.0. The minimum atomic E-state index is -0.575. The molecule has 0 aromatic heterocycles. The number of anilines is 1. The summed E-state index contributed by atoms with van der Waals surface area (Å²) in [6.07, 6.45) is 1.42. The second kappa shape index (κ2) is 6.20. The van der Waals surface area contributed by atoms with Crippen LogP contribution in [0.1, 0.15) is 19.8 Å². The van der Waals surface area contributed by atoms with Crippen LogP contribution in [0, 0.1) is 5.82 Å². The second-order valence-corrected chi connectivity index (χ2v) is 3.76. The summed E-state index contributed by atoms with van der Waals surface area (Å²) in [4.78, 5) is 11.6. The van der Waals surface area contributed by atoms with Crippen molar-refractivity contribution >= 4 is 11.6 Å². The second-order valence-electron chi connectivity index (χ2n) is 3.76. The number of ether oxygens (including phenoxy) is 1. The van der Waals surface area contributed by atoms with E-state index < -0.39 is 11.9 Å². The van der Waals surface area contributed by atoms with Crippen molar-refractivity contribution in [2.75, 3.05) is 12.4 Å². The fraction of sp³-hybridized carbons (Fsp3) is 0.417. The van der Waals surface area contributed by atoms with Crippen LogP contribution in [0.4, 0.5) is 10.1 Å². The molecule has 5 heteroatoms. The summed E-state index contributed by atoms with van der Waals surface area (Å²) < 4.78 is 18.1. The lowest BCUT2D eigenvalue weighted by molar-refractivity contribution is -0.117. The van der Waals surface area contributed by atoms with Gasteiger partial charge in [0.15, 0.2) is 0 Å². The summed E-state index contributed by atoms with van der Waals surface area (Å²) in [6, 6.07) is 3.43. The highest BCUT2D eigenvalue weighted by atomic mass is 19.1. The Hall–Kier alpha value is -1.62. The molecule has 4 nitrogen and oxygen atoms in total. The Bertz CT molecular complexity index is 396. The van der Waals surface area contributed by atoms with Crippen LogP contribution in [0.3, 0.4) is 0 Å². The predicted molar refractivity (Wildman–Crippen MR) is 64.5 cm³/mol. The van der Waals surface area contributed by atoms with Gasteiger partial charge in [-0.1, -0.05) is 13.3 Å². The van der Waals surface area contributed by atoms with Crippen LogP contribution in [0.25, 0.3) is 0 Å². The largest absolute Gasteiger partial charge is 0.497 e. The van der Waals surface area contributed by atoms with Crippen molar-refractivity contribution in [3.63, 3.8) is 0 Å². The Labute approximate surface area is 100.0 Å². The molecule has 1 atom stereocenters. The fourth-order valence-electron chi connectivity index (χ4n) is 1.43. The molecule has 0 saturated carbocycles. The number of nitrogens with two attached hydrogens (primary N) is 1. The molecule has 0 aliphatic rings. The average molecular weight is 240 g/mol. The van der Waals surface area contributed by atoms with Gasteiger partial charge in [0, 0.05) is 17.8 Å². The average Bonchev–Trinajstić information content (AvgIpc) is 2.28. The van der Waals surface area contributed by atoms with Gasteiger partial charge in [0.2, 0.25) is 5.91 Å². The third kappa shape index (κ3) is 4.03. The zero-order chi connectivity index (χ0) is 12.8. The molecule has 0 spiro atoms. The first-order valence-corrected chi connectivity index (χ1v) is 5.47. The van der Waals surface area contributed by atoms with E-state index in [9.17, 15) is 9.18 Å². The predicted octanol–water partition coefficient (Wildman–Crippen LogP) is 1.90. The molecule has 0 heterocycles. The summed E-state index contributed by atoms with van der Waals surface area (Å²) >= 11 is 0. The lowest BCUT2D eigenvalue weighted by atomic mass is 10.1. The first-order valence-electron chi connectivity index (χ1n) is 5.47. The van der Waals surface area contributed by atoms with E-state index in [0.29, 0.717) is 17.9 Å². The van der Waals surface area contributed by atoms with Gasteiger partial charge in [0.1, 0.15) is 11.6 Å². The smallest absolute Gasteiger partial charge is 0.241 e. The Morgan fingerprint density at radius 2 is 2.24 bits per heavy atom. The summed E-state index contributed by atoms with van der Waals surface area (Å²) in [5, 5.41) is 2.56. The topological polar surface area (TPSA) is 64.4 Å². The molecule has 1 rings (SSSR count). The highest BCUT2D eigenvalue weighted by Gasteiger charge is 2.13. The number of hydrogen-bond acceptors (Lipinski definition) is 3. The molecule has 0 bridgehead atoms. The number of rotatable bonds is 5. The minimum absolute atomic E-state index is 0.320. The van der Waals surface area contributed by atoms with E-state index in [1.54, 1.807) is 6.07 Å². The third-order valence-electron chi connectivity index (χ3n) is 2.31. The van der Waals surface area contributed by atoms with Crippen molar-refractivity contribution in [3.05, 3.63) is 24.0 Å². The van der Waals surface area contributed by atoms with Gasteiger partial charge in [-0.3, -0.25) is 4.79 Å². The maximum atomic E-state index is 13.2. The Balaban J connectivity index is 2.74. The van der Waals surface area contributed by atoms with Crippen LogP contribution < -0.4 is 15.8 Å². The van der Waals surface area contributed by atoms with Crippen molar-refractivity contribution in [2.24, 2.45) is 5.73 Å². The zero-order valence-corrected chi connectivity index (χ0v) is 10.00. The third-order valence-corrected chi connectivity index (χ3v) is 2.31. The first-order chi connectivity index (χ1) is 8.06. The summed E-state index contributed by atoms with van der Waals surface area (Å²) in [7, 11) is 1.43. The van der Waals surface area contributed by atoms with E-state index in [4.69, 9.17) is 10.5 Å². The summed E-state index contributed by atoms with van der Waals surface area (Å²) in [6.45, 7) is 1.94. The van der Waals surface area contributed by atoms with Crippen molar-refractivity contribution < 1.29 is 13.9 Å². The van der Waals surface area contributed by atoms with Gasteiger partial charge in [0.05, 0.1) is 13.2 Å². The number of methoxy groups -OCH3 is 1. The Morgan fingerprint density at radius 1 is 1.53 bits per heavy atom. The molecule has 0 fully saturated rings. The number of halogens is 1. The lowest BCUT2D eigenvalue weighted by Crippen LogP contribution is -2.35. The van der Waals surface area contributed by atoms with Gasteiger partial charge in [0.25, 0.3) is 0 Å². The quantitative estimate of drug-likeness (QED) is 0.826. The van der Waals surface area contributed by atoms with Crippen LogP contribution in [-0.2, 0) is 4.79 Å². The molecule has 0 aliphatic carbocycles. The molecular weight excluding hydrogens is 223 g/mol. The Kier molecular flexibility index (Phi) is 4.90. The van der Waals surface area contributed by atoms with Crippen LogP contribution >= 0.6 is 0 Å². The van der Waals surface area contributed by atoms with Crippen molar-refractivity contribution in [1.29, 1.82) is 0 Å². The van der Waals surface area contributed by atoms with Crippen molar-refractivity contribution in [3.8, 4) is 5.75 Å². The number of nitrogens with one attached hydrogen (secondary N) is 1. The molecular formula is C12H17FN2O2. The van der Waals surface area contributed by atoms with Gasteiger partial charge >= 0.3 is 0 Å². The van der Waals surface area contributed by atoms with Crippen LogP contribution in [-0.4, -0.2) is 19.1 Å². The van der Waals surface area contributed by atoms with Crippen LogP contribution in [0.15, 0.2) is 18.2 Å². The van der Waals surface area contributed by atoms with E-state index in [1.165, 1.54) is 19.2 Å². The molecule has 94 valence electrons. The number of amides is 1. The van der Waals surface area contributed by atoms with Gasteiger partial charge in [-0.25, -0.2) is 4.39 Å². The summed E-state index contributed by atoms with van der Waals surface area (Å²) in [5.41, 5.74) is 5.99. The molecule has 1 aromatic rings. The van der Waals surface area contributed by atoms with Crippen molar-refractivity contribution in [2.45, 2.75) is 25.8 Å². The first kappa shape index (κ1) is 13.4. The number of carbonyl (C=O) groups excluding carboxylic acids is 1. The highest BCUT2D eigenvalue weighted by Crippen LogP contribution is 2.19. The van der Waals surface area contributed by atoms with E-state index in [-0.39, 0.29) is 5.91 Å². The molecule has 1 amide bonds.